The molecule has 0 aromatic heterocycles. The zero-order valence-electron chi connectivity index (χ0n) is 10.8. The van der Waals surface area contributed by atoms with Gasteiger partial charge in [-0.1, -0.05) is 13.8 Å². The molecule has 0 bridgehead atoms. The molecule has 16 heavy (non-hydrogen) atoms. The van der Waals surface area contributed by atoms with Gasteiger partial charge in [0, 0.05) is 19.6 Å². The molecule has 2 unspecified atom stereocenters. The Bertz CT molecular complexity index is 226. The molecule has 0 radical (unpaired) electrons. The van der Waals surface area contributed by atoms with Gasteiger partial charge in [-0.15, -0.1) is 0 Å². The quantitative estimate of drug-likeness (QED) is 0.745. The van der Waals surface area contributed by atoms with E-state index in [4.69, 9.17) is 5.73 Å². The summed E-state index contributed by atoms with van der Waals surface area (Å²) < 4.78 is 0. The van der Waals surface area contributed by atoms with Gasteiger partial charge in [-0.3, -0.25) is 4.79 Å². The van der Waals surface area contributed by atoms with E-state index in [0.29, 0.717) is 5.92 Å². The summed E-state index contributed by atoms with van der Waals surface area (Å²) in [5, 5.41) is 0. The molecular weight excluding hydrogens is 202 g/mol. The Kier molecular flexibility index (Phi) is 5.22. The van der Waals surface area contributed by atoms with Crippen molar-refractivity contribution in [3.8, 4) is 0 Å². The summed E-state index contributed by atoms with van der Waals surface area (Å²) >= 11 is 0. The van der Waals surface area contributed by atoms with Gasteiger partial charge >= 0.3 is 0 Å². The highest BCUT2D eigenvalue weighted by Crippen LogP contribution is 2.17. The molecule has 94 valence electrons. The molecule has 1 aliphatic heterocycles. The molecule has 2 N–H and O–H groups in total. The van der Waals surface area contributed by atoms with Crippen molar-refractivity contribution in [3.63, 3.8) is 0 Å². The predicted molar refractivity (Wildman–Crippen MR) is 66.1 cm³/mol. The van der Waals surface area contributed by atoms with Crippen LogP contribution < -0.4 is 5.73 Å². The zero-order chi connectivity index (χ0) is 12.1. The predicted octanol–water partition coefficient (Wildman–Crippen LogP) is 0.524. The van der Waals surface area contributed by atoms with E-state index in [9.17, 15) is 4.79 Å². The lowest BCUT2D eigenvalue weighted by atomic mass is 10.1. The van der Waals surface area contributed by atoms with Crippen LogP contribution in [0.15, 0.2) is 0 Å². The van der Waals surface area contributed by atoms with Gasteiger partial charge in [-0.25, -0.2) is 0 Å². The van der Waals surface area contributed by atoms with Gasteiger partial charge in [0.2, 0.25) is 5.91 Å². The zero-order valence-corrected chi connectivity index (χ0v) is 10.8. The van der Waals surface area contributed by atoms with Crippen LogP contribution >= 0.6 is 0 Å². The number of rotatable bonds is 5. The minimum Gasteiger partial charge on any atom is -0.341 e. The Morgan fingerprint density at radius 3 is 2.62 bits per heavy atom. The number of carbonyl (C=O) groups is 1. The van der Waals surface area contributed by atoms with Crippen molar-refractivity contribution in [1.82, 2.24) is 9.80 Å². The molecule has 1 amide bonds. The van der Waals surface area contributed by atoms with Crippen LogP contribution in [0.3, 0.4) is 0 Å². The van der Waals surface area contributed by atoms with Crippen molar-refractivity contribution >= 4 is 5.91 Å². The number of amides is 1. The maximum Gasteiger partial charge on any atom is 0.239 e. The maximum atomic E-state index is 11.7. The van der Waals surface area contributed by atoms with E-state index < -0.39 is 0 Å². The molecule has 2 atom stereocenters. The lowest BCUT2D eigenvalue weighted by Gasteiger charge is -2.23. The number of nitrogens with zero attached hydrogens (tertiary/aromatic N) is 2. The average molecular weight is 227 g/mol. The summed E-state index contributed by atoms with van der Waals surface area (Å²) in [6, 6.07) is -0.354. The van der Waals surface area contributed by atoms with Crippen molar-refractivity contribution in [2.75, 3.05) is 32.7 Å². The fraction of sp³-hybridized carbons (Fsp3) is 0.917. The second-order valence-electron chi connectivity index (χ2n) is 4.71. The van der Waals surface area contributed by atoms with Gasteiger partial charge < -0.3 is 15.5 Å². The highest BCUT2D eigenvalue weighted by atomic mass is 16.2. The molecule has 0 aromatic carbocycles. The van der Waals surface area contributed by atoms with Crippen molar-refractivity contribution in [2.45, 2.75) is 33.2 Å². The second-order valence-corrected chi connectivity index (χ2v) is 4.71. The summed E-state index contributed by atoms with van der Waals surface area (Å²) in [6.45, 7) is 11.2. The Balaban J connectivity index is 2.37. The fourth-order valence-electron chi connectivity index (χ4n) is 2.32. The molecule has 0 aliphatic carbocycles. The smallest absolute Gasteiger partial charge is 0.239 e. The first kappa shape index (κ1) is 13.5. The molecule has 1 aliphatic rings. The molecule has 1 rings (SSSR count). The number of likely N-dealkylation sites (tertiary alicyclic amines) is 1. The summed E-state index contributed by atoms with van der Waals surface area (Å²) in [7, 11) is 0. The van der Waals surface area contributed by atoms with Crippen molar-refractivity contribution in [2.24, 2.45) is 11.7 Å². The highest BCUT2D eigenvalue weighted by Gasteiger charge is 2.28. The molecule has 0 aromatic rings. The Morgan fingerprint density at radius 1 is 1.50 bits per heavy atom. The molecule has 4 heteroatoms. The van der Waals surface area contributed by atoms with Crippen LogP contribution in [0, 0.1) is 5.92 Å². The Labute approximate surface area is 98.8 Å². The Morgan fingerprint density at radius 2 is 2.12 bits per heavy atom. The first-order valence-corrected chi connectivity index (χ1v) is 6.35. The number of nitrogens with two attached hydrogens (primary N) is 1. The van der Waals surface area contributed by atoms with Crippen LogP contribution in [0.5, 0.6) is 0 Å². The van der Waals surface area contributed by atoms with E-state index in [1.54, 1.807) is 6.92 Å². The van der Waals surface area contributed by atoms with E-state index in [1.165, 1.54) is 0 Å². The van der Waals surface area contributed by atoms with Crippen LogP contribution in [0.25, 0.3) is 0 Å². The van der Waals surface area contributed by atoms with Gasteiger partial charge in [0.15, 0.2) is 0 Å². The van der Waals surface area contributed by atoms with E-state index in [-0.39, 0.29) is 11.9 Å². The summed E-state index contributed by atoms with van der Waals surface area (Å²) in [5.74, 6) is 0.727. The SMILES string of the molecule is CCN(CC)CC1CCN(C(=O)C(C)N)C1. The molecule has 4 nitrogen and oxygen atoms in total. The van der Waals surface area contributed by atoms with Crippen molar-refractivity contribution in [3.05, 3.63) is 0 Å². The summed E-state index contributed by atoms with van der Waals surface area (Å²) in [6.07, 6.45) is 1.12. The van der Waals surface area contributed by atoms with E-state index in [2.05, 4.69) is 18.7 Å². The first-order chi connectivity index (χ1) is 7.58. The van der Waals surface area contributed by atoms with Crippen molar-refractivity contribution in [1.29, 1.82) is 0 Å². The molecule has 1 fully saturated rings. The fourth-order valence-corrected chi connectivity index (χ4v) is 2.32. The molecule has 0 spiro atoms. The third-order valence-electron chi connectivity index (χ3n) is 3.40. The van der Waals surface area contributed by atoms with Crippen molar-refractivity contribution < 1.29 is 4.79 Å². The third-order valence-corrected chi connectivity index (χ3v) is 3.40. The Hall–Kier alpha value is -0.610. The van der Waals surface area contributed by atoms with Gasteiger partial charge in [-0.2, -0.15) is 0 Å². The molecule has 0 saturated carbocycles. The van der Waals surface area contributed by atoms with E-state index >= 15 is 0 Å². The van der Waals surface area contributed by atoms with Gasteiger partial charge in [0.05, 0.1) is 6.04 Å². The molecule has 1 heterocycles. The first-order valence-electron chi connectivity index (χ1n) is 6.35. The largest absolute Gasteiger partial charge is 0.341 e. The number of carbonyl (C=O) groups excluding carboxylic acids is 1. The van der Waals surface area contributed by atoms with Crippen LogP contribution in [0.4, 0.5) is 0 Å². The van der Waals surface area contributed by atoms with Crippen LogP contribution in [-0.2, 0) is 4.79 Å². The lowest BCUT2D eigenvalue weighted by Crippen LogP contribution is -2.41. The number of hydrogen-bond donors (Lipinski definition) is 1. The number of hydrogen-bond acceptors (Lipinski definition) is 3. The normalized spacial score (nSPS) is 22.8. The van der Waals surface area contributed by atoms with Crippen LogP contribution in [0.1, 0.15) is 27.2 Å². The lowest BCUT2D eigenvalue weighted by molar-refractivity contribution is -0.131. The second kappa shape index (κ2) is 6.21. The topological polar surface area (TPSA) is 49.6 Å². The highest BCUT2D eigenvalue weighted by molar-refractivity contribution is 5.81. The summed E-state index contributed by atoms with van der Waals surface area (Å²) in [5.41, 5.74) is 5.61. The third kappa shape index (κ3) is 3.46. The van der Waals surface area contributed by atoms with Gasteiger partial charge in [0.25, 0.3) is 0 Å². The average Bonchev–Trinajstić information content (AvgIpc) is 2.73. The van der Waals surface area contributed by atoms with Gasteiger partial charge in [-0.05, 0) is 32.4 Å². The minimum atomic E-state index is -0.354. The standard InChI is InChI=1S/C12H25N3O/c1-4-14(5-2)8-11-6-7-15(9-11)12(16)10(3)13/h10-11H,4-9,13H2,1-3H3. The van der Waals surface area contributed by atoms with Crippen LogP contribution in [0.2, 0.25) is 0 Å². The monoisotopic (exact) mass is 227 g/mol. The molecule has 1 saturated heterocycles. The minimum absolute atomic E-state index is 0.0991. The van der Waals surface area contributed by atoms with E-state index in [1.807, 2.05) is 4.90 Å². The van der Waals surface area contributed by atoms with Gasteiger partial charge in [0.1, 0.15) is 0 Å². The van der Waals surface area contributed by atoms with Crippen LogP contribution in [-0.4, -0.2) is 54.5 Å². The summed E-state index contributed by atoms with van der Waals surface area (Å²) in [4.78, 5) is 16.0. The maximum absolute atomic E-state index is 11.7. The van der Waals surface area contributed by atoms with E-state index in [0.717, 1.165) is 39.1 Å². The molecular formula is C12H25N3O.